The molecule has 1 heterocycles. The number of para-hydroxylation sites is 1. The first-order valence-electron chi connectivity index (χ1n) is 9.32. The first kappa shape index (κ1) is 17.7. The minimum absolute atomic E-state index is 0.0583. The molecule has 1 aliphatic rings. The summed E-state index contributed by atoms with van der Waals surface area (Å²) in [6.07, 6.45) is 6.20. The summed E-state index contributed by atoms with van der Waals surface area (Å²) in [4.78, 5) is 19.1. The predicted molar refractivity (Wildman–Crippen MR) is 114 cm³/mol. The number of fused-ring (bicyclic) bond motifs is 1. The molecule has 4 heteroatoms. The molecule has 27 heavy (non-hydrogen) atoms. The molecule has 0 saturated carbocycles. The van der Waals surface area contributed by atoms with Crippen molar-refractivity contribution in [3.63, 3.8) is 0 Å². The number of thiophene rings is 1. The third kappa shape index (κ3) is 4.01. The van der Waals surface area contributed by atoms with E-state index in [0.717, 1.165) is 41.1 Å². The SMILES string of the molecule is Cc1cccc(C=Nc2sc3c(c2C(=O)Nc2ccccc2)CCCC3)c1. The van der Waals surface area contributed by atoms with Gasteiger partial charge in [-0.3, -0.25) is 4.79 Å². The van der Waals surface area contributed by atoms with Crippen LogP contribution in [-0.2, 0) is 12.8 Å². The molecule has 3 aromatic rings. The van der Waals surface area contributed by atoms with Crippen molar-refractivity contribution in [2.75, 3.05) is 5.32 Å². The number of amides is 1. The van der Waals surface area contributed by atoms with Gasteiger partial charge in [-0.2, -0.15) is 0 Å². The van der Waals surface area contributed by atoms with Crippen LogP contribution in [0.4, 0.5) is 10.7 Å². The lowest BCUT2D eigenvalue weighted by molar-refractivity contribution is 0.102. The Labute approximate surface area is 163 Å². The van der Waals surface area contributed by atoms with Crippen LogP contribution in [0.2, 0.25) is 0 Å². The molecule has 136 valence electrons. The van der Waals surface area contributed by atoms with Crippen LogP contribution in [0.5, 0.6) is 0 Å². The van der Waals surface area contributed by atoms with E-state index in [2.05, 4.69) is 24.4 Å². The molecular weight excluding hydrogens is 352 g/mol. The highest BCUT2D eigenvalue weighted by Crippen LogP contribution is 2.40. The standard InChI is InChI=1S/C23H22N2OS/c1-16-8-7-9-17(14-16)15-24-23-21(19-12-5-6-13-20(19)27-23)22(26)25-18-10-3-2-4-11-18/h2-4,7-11,14-15H,5-6,12-13H2,1H3,(H,25,26). The number of aryl methyl sites for hydroxylation is 2. The molecule has 1 aromatic heterocycles. The minimum Gasteiger partial charge on any atom is -0.322 e. The van der Waals surface area contributed by atoms with Crippen LogP contribution in [-0.4, -0.2) is 12.1 Å². The summed E-state index contributed by atoms with van der Waals surface area (Å²) in [5, 5.41) is 3.85. The summed E-state index contributed by atoms with van der Waals surface area (Å²) >= 11 is 1.67. The molecule has 0 saturated heterocycles. The summed E-state index contributed by atoms with van der Waals surface area (Å²) in [5.41, 5.74) is 5.01. The monoisotopic (exact) mass is 374 g/mol. The van der Waals surface area contributed by atoms with Gasteiger partial charge >= 0.3 is 0 Å². The molecule has 0 fully saturated rings. The highest BCUT2D eigenvalue weighted by molar-refractivity contribution is 7.16. The van der Waals surface area contributed by atoms with E-state index in [-0.39, 0.29) is 5.91 Å². The summed E-state index contributed by atoms with van der Waals surface area (Å²) in [6, 6.07) is 17.8. The fraction of sp³-hybridized carbons (Fsp3) is 0.217. The fourth-order valence-corrected chi connectivity index (χ4v) is 4.71. The zero-order chi connectivity index (χ0) is 18.6. The van der Waals surface area contributed by atoms with Crippen molar-refractivity contribution < 1.29 is 4.79 Å². The van der Waals surface area contributed by atoms with Crippen LogP contribution in [0.15, 0.2) is 59.6 Å². The average Bonchev–Trinajstić information content (AvgIpc) is 3.06. The van der Waals surface area contributed by atoms with Crippen LogP contribution in [0, 0.1) is 6.92 Å². The highest BCUT2D eigenvalue weighted by Gasteiger charge is 2.25. The molecule has 0 bridgehead atoms. The van der Waals surface area contributed by atoms with Gasteiger partial charge in [-0.05, 0) is 55.9 Å². The Hall–Kier alpha value is -2.72. The number of nitrogens with zero attached hydrogens (tertiary/aromatic N) is 1. The van der Waals surface area contributed by atoms with E-state index in [1.54, 1.807) is 11.3 Å². The van der Waals surface area contributed by atoms with Gasteiger partial charge in [-0.1, -0.05) is 48.0 Å². The van der Waals surface area contributed by atoms with Gasteiger partial charge in [0.05, 0.1) is 5.56 Å². The number of hydrogen-bond donors (Lipinski definition) is 1. The molecule has 4 rings (SSSR count). The summed E-state index contributed by atoms with van der Waals surface area (Å²) in [5.74, 6) is -0.0583. The molecule has 0 aliphatic heterocycles. The van der Waals surface area contributed by atoms with E-state index in [9.17, 15) is 4.79 Å². The van der Waals surface area contributed by atoms with Crippen molar-refractivity contribution in [1.82, 2.24) is 0 Å². The van der Waals surface area contributed by atoms with Crippen LogP contribution < -0.4 is 5.32 Å². The second-order valence-corrected chi connectivity index (χ2v) is 7.97. The summed E-state index contributed by atoms with van der Waals surface area (Å²) < 4.78 is 0. The Morgan fingerprint density at radius 3 is 2.70 bits per heavy atom. The number of carbonyl (C=O) groups is 1. The van der Waals surface area contributed by atoms with Crippen molar-refractivity contribution in [3.05, 3.63) is 81.7 Å². The van der Waals surface area contributed by atoms with Crippen LogP contribution in [0.3, 0.4) is 0 Å². The molecular formula is C23H22N2OS. The lowest BCUT2D eigenvalue weighted by Gasteiger charge is -2.12. The fourth-order valence-electron chi connectivity index (χ4n) is 3.48. The second kappa shape index (κ2) is 7.89. The van der Waals surface area contributed by atoms with Gasteiger partial charge in [-0.25, -0.2) is 4.99 Å². The summed E-state index contributed by atoms with van der Waals surface area (Å²) in [7, 11) is 0. The number of benzene rings is 2. The Bertz CT molecular complexity index is 989. The van der Waals surface area contributed by atoms with Crippen molar-refractivity contribution in [2.24, 2.45) is 4.99 Å². The van der Waals surface area contributed by atoms with E-state index in [0.29, 0.717) is 0 Å². The third-order valence-corrected chi connectivity index (χ3v) is 5.98. The van der Waals surface area contributed by atoms with Crippen molar-refractivity contribution in [2.45, 2.75) is 32.6 Å². The Kier molecular flexibility index (Phi) is 5.16. The minimum atomic E-state index is -0.0583. The number of aliphatic imine (C=N–C) groups is 1. The molecule has 1 amide bonds. The van der Waals surface area contributed by atoms with Gasteiger partial charge in [0.25, 0.3) is 5.91 Å². The molecule has 2 aromatic carbocycles. The van der Waals surface area contributed by atoms with E-state index in [1.807, 2.05) is 48.7 Å². The quantitative estimate of drug-likeness (QED) is 0.564. The molecule has 3 nitrogen and oxygen atoms in total. The Morgan fingerprint density at radius 2 is 1.89 bits per heavy atom. The number of hydrogen-bond acceptors (Lipinski definition) is 3. The van der Waals surface area contributed by atoms with Crippen LogP contribution in [0.25, 0.3) is 0 Å². The molecule has 1 N–H and O–H groups in total. The lowest BCUT2D eigenvalue weighted by atomic mass is 9.95. The molecule has 0 spiro atoms. The zero-order valence-electron chi connectivity index (χ0n) is 15.4. The normalized spacial score (nSPS) is 13.5. The topological polar surface area (TPSA) is 41.5 Å². The van der Waals surface area contributed by atoms with Crippen LogP contribution in [0.1, 0.15) is 44.8 Å². The van der Waals surface area contributed by atoms with Gasteiger partial charge in [0.15, 0.2) is 0 Å². The number of rotatable bonds is 4. The maximum atomic E-state index is 13.1. The third-order valence-electron chi connectivity index (χ3n) is 4.78. The number of nitrogens with one attached hydrogen (secondary N) is 1. The maximum Gasteiger partial charge on any atom is 0.259 e. The Morgan fingerprint density at radius 1 is 1.07 bits per heavy atom. The van der Waals surface area contributed by atoms with Gasteiger partial charge in [-0.15, -0.1) is 11.3 Å². The number of carbonyl (C=O) groups excluding carboxylic acids is 1. The van der Waals surface area contributed by atoms with Crippen molar-refractivity contribution in [3.8, 4) is 0 Å². The largest absolute Gasteiger partial charge is 0.322 e. The van der Waals surface area contributed by atoms with E-state index < -0.39 is 0 Å². The Balaban J connectivity index is 1.68. The summed E-state index contributed by atoms with van der Waals surface area (Å²) in [6.45, 7) is 2.07. The van der Waals surface area contributed by atoms with Gasteiger partial charge in [0.2, 0.25) is 0 Å². The maximum absolute atomic E-state index is 13.1. The van der Waals surface area contributed by atoms with Crippen molar-refractivity contribution >= 4 is 34.1 Å². The van der Waals surface area contributed by atoms with E-state index >= 15 is 0 Å². The predicted octanol–water partition coefficient (Wildman–Crippen LogP) is 5.94. The lowest BCUT2D eigenvalue weighted by Crippen LogP contribution is -2.14. The second-order valence-electron chi connectivity index (χ2n) is 6.88. The molecule has 0 radical (unpaired) electrons. The van der Waals surface area contributed by atoms with E-state index in [1.165, 1.54) is 22.4 Å². The smallest absolute Gasteiger partial charge is 0.259 e. The molecule has 1 aliphatic carbocycles. The average molecular weight is 375 g/mol. The van der Waals surface area contributed by atoms with E-state index in [4.69, 9.17) is 4.99 Å². The first-order valence-corrected chi connectivity index (χ1v) is 10.1. The molecule has 0 atom stereocenters. The first-order chi connectivity index (χ1) is 13.2. The van der Waals surface area contributed by atoms with Gasteiger partial charge in [0.1, 0.15) is 5.00 Å². The van der Waals surface area contributed by atoms with Crippen molar-refractivity contribution in [1.29, 1.82) is 0 Å². The van der Waals surface area contributed by atoms with Gasteiger partial charge < -0.3 is 5.32 Å². The van der Waals surface area contributed by atoms with Crippen LogP contribution >= 0.6 is 11.3 Å². The molecule has 0 unspecified atom stereocenters. The number of anilines is 1. The zero-order valence-corrected chi connectivity index (χ0v) is 16.2. The highest BCUT2D eigenvalue weighted by atomic mass is 32.1. The van der Waals surface area contributed by atoms with Gasteiger partial charge in [0, 0.05) is 16.8 Å².